The summed E-state index contributed by atoms with van der Waals surface area (Å²) in [6.45, 7) is 2.25. The van der Waals surface area contributed by atoms with Crippen molar-refractivity contribution in [2.75, 3.05) is 13.1 Å². The molecule has 2 aliphatic rings. The maximum atomic E-state index is 11.7. The van der Waals surface area contributed by atoms with Crippen molar-refractivity contribution in [2.24, 2.45) is 5.92 Å². The molecule has 0 aromatic carbocycles. The predicted octanol–water partition coefficient (Wildman–Crippen LogP) is 4.31. The first-order valence-corrected chi connectivity index (χ1v) is 10.1. The summed E-state index contributed by atoms with van der Waals surface area (Å²) in [7, 11) is 0. The lowest BCUT2D eigenvalue weighted by Gasteiger charge is -2.47. The zero-order chi connectivity index (χ0) is 15.0. The van der Waals surface area contributed by atoms with Crippen LogP contribution in [0.25, 0.3) is 0 Å². The van der Waals surface area contributed by atoms with Crippen LogP contribution < -0.4 is 0 Å². The van der Waals surface area contributed by atoms with Crippen molar-refractivity contribution < 1.29 is 5.11 Å². The number of thiophene rings is 2. The largest absolute Gasteiger partial charge is 0.378 e. The molecule has 1 N–H and O–H groups in total. The molecule has 2 unspecified atom stereocenters. The number of aliphatic hydroxyl groups is 1. The van der Waals surface area contributed by atoms with Gasteiger partial charge >= 0.3 is 0 Å². The zero-order valence-corrected chi connectivity index (χ0v) is 14.4. The van der Waals surface area contributed by atoms with Crippen molar-refractivity contribution >= 4 is 22.7 Å². The van der Waals surface area contributed by atoms with E-state index in [-0.39, 0.29) is 0 Å². The normalized spacial score (nSPS) is 26.8. The summed E-state index contributed by atoms with van der Waals surface area (Å²) in [5, 5.41) is 15.9. The van der Waals surface area contributed by atoms with Gasteiger partial charge in [0.05, 0.1) is 0 Å². The van der Waals surface area contributed by atoms with E-state index < -0.39 is 5.60 Å². The van der Waals surface area contributed by atoms with Gasteiger partial charge < -0.3 is 5.11 Å². The first-order chi connectivity index (χ1) is 10.8. The lowest BCUT2D eigenvalue weighted by molar-refractivity contribution is -0.0371. The van der Waals surface area contributed by atoms with Crippen molar-refractivity contribution in [1.82, 2.24) is 4.90 Å². The van der Waals surface area contributed by atoms with E-state index in [1.165, 1.54) is 32.2 Å². The van der Waals surface area contributed by atoms with Crippen LogP contribution in [0.3, 0.4) is 0 Å². The molecule has 4 heterocycles. The molecule has 0 amide bonds. The van der Waals surface area contributed by atoms with Crippen LogP contribution in [0.2, 0.25) is 0 Å². The molecule has 2 nitrogen and oxygen atoms in total. The van der Waals surface area contributed by atoms with Crippen LogP contribution >= 0.6 is 22.7 Å². The summed E-state index contributed by atoms with van der Waals surface area (Å²) in [5.41, 5.74) is -0.801. The van der Waals surface area contributed by atoms with Crippen LogP contribution in [0.1, 0.15) is 41.9 Å². The summed E-state index contributed by atoms with van der Waals surface area (Å²) in [6, 6.07) is 9.09. The van der Waals surface area contributed by atoms with Gasteiger partial charge in [-0.3, -0.25) is 4.90 Å². The van der Waals surface area contributed by atoms with Gasteiger partial charge in [-0.1, -0.05) is 18.6 Å². The molecule has 0 saturated carbocycles. The quantitative estimate of drug-likeness (QED) is 0.905. The number of hydrogen-bond donors (Lipinski definition) is 1. The summed E-state index contributed by atoms with van der Waals surface area (Å²) in [5.74, 6) is 0.305. The predicted molar refractivity (Wildman–Crippen MR) is 93.6 cm³/mol. The van der Waals surface area contributed by atoms with E-state index in [9.17, 15) is 5.11 Å². The highest BCUT2D eigenvalue weighted by Crippen LogP contribution is 2.46. The van der Waals surface area contributed by atoms with Crippen LogP contribution in [0, 0.1) is 5.92 Å². The van der Waals surface area contributed by atoms with Gasteiger partial charge in [-0.05, 0) is 55.1 Å². The van der Waals surface area contributed by atoms with Gasteiger partial charge in [0.2, 0.25) is 0 Å². The molecule has 0 spiro atoms. The number of fused-ring (bicyclic) bond motifs is 1. The minimum absolute atomic E-state index is 0.305. The smallest absolute Gasteiger partial charge is 0.137 e. The maximum Gasteiger partial charge on any atom is 0.137 e. The monoisotopic (exact) mass is 333 g/mol. The second-order valence-corrected chi connectivity index (χ2v) is 8.54. The van der Waals surface area contributed by atoms with Crippen LogP contribution in [0.4, 0.5) is 0 Å². The summed E-state index contributed by atoms with van der Waals surface area (Å²) >= 11 is 3.38. The molecule has 4 rings (SSSR count). The van der Waals surface area contributed by atoms with Crippen molar-refractivity contribution in [1.29, 1.82) is 0 Å². The first-order valence-electron chi connectivity index (χ1n) is 8.33. The highest BCUT2D eigenvalue weighted by Gasteiger charge is 2.45. The van der Waals surface area contributed by atoms with E-state index in [0.717, 1.165) is 28.8 Å². The van der Waals surface area contributed by atoms with E-state index in [0.29, 0.717) is 5.92 Å². The Morgan fingerprint density at radius 3 is 2.36 bits per heavy atom. The number of piperidine rings is 2. The Labute approximate surface area is 140 Å². The van der Waals surface area contributed by atoms with Gasteiger partial charge in [0, 0.05) is 28.3 Å². The minimum Gasteiger partial charge on any atom is -0.378 e. The lowest BCUT2D eigenvalue weighted by atomic mass is 9.76. The molecule has 2 atom stereocenters. The molecule has 2 aromatic heterocycles. The van der Waals surface area contributed by atoms with Gasteiger partial charge in [-0.15, -0.1) is 22.7 Å². The Hall–Kier alpha value is -0.680. The average Bonchev–Trinajstić information content (AvgIpc) is 3.27. The molecule has 0 aliphatic carbocycles. The maximum absolute atomic E-state index is 11.7. The van der Waals surface area contributed by atoms with Crippen molar-refractivity contribution in [3.63, 3.8) is 0 Å². The van der Waals surface area contributed by atoms with Crippen molar-refractivity contribution in [2.45, 2.75) is 43.7 Å². The molecule has 0 radical (unpaired) electrons. The van der Waals surface area contributed by atoms with E-state index in [1.54, 1.807) is 22.7 Å². The van der Waals surface area contributed by atoms with Crippen molar-refractivity contribution in [3.05, 3.63) is 44.8 Å². The third-order valence-electron chi connectivity index (χ3n) is 5.44. The molecule has 2 aromatic rings. The lowest BCUT2D eigenvalue weighted by Crippen LogP contribution is -2.51. The fourth-order valence-corrected chi connectivity index (χ4v) is 6.15. The average molecular weight is 334 g/mol. The Kier molecular flexibility index (Phi) is 4.11. The van der Waals surface area contributed by atoms with Crippen LogP contribution in [-0.4, -0.2) is 29.1 Å². The fraction of sp³-hybridized carbons (Fsp3) is 0.556. The highest BCUT2D eigenvalue weighted by molar-refractivity contribution is 7.11. The minimum atomic E-state index is -0.801. The molecule has 2 saturated heterocycles. The standard InChI is InChI=1S/C18H23NOS2/c20-18(16-6-3-11-21-16,17-7-4-12-22-17)14-8-9-15-5-1-2-10-19(15)13-14/h3-4,6-7,11-12,14-15,20H,1-2,5,8-10,13H2. The molecule has 4 heteroatoms. The molecule has 22 heavy (non-hydrogen) atoms. The third-order valence-corrected chi connectivity index (χ3v) is 7.43. The second-order valence-electron chi connectivity index (χ2n) is 6.64. The van der Waals surface area contributed by atoms with Crippen LogP contribution in [-0.2, 0) is 5.60 Å². The molecule has 2 aliphatic heterocycles. The third kappa shape index (κ3) is 2.46. The summed E-state index contributed by atoms with van der Waals surface area (Å²) in [4.78, 5) is 4.86. The SMILES string of the molecule is OC(c1cccs1)(c1cccs1)C1CCC2CCCCN2C1. The van der Waals surface area contributed by atoms with E-state index >= 15 is 0 Å². The number of nitrogens with zero attached hydrogens (tertiary/aromatic N) is 1. The highest BCUT2D eigenvalue weighted by atomic mass is 32.1. The van der Waals surface area contributed by atoms with Gasteiger partial charge in [-0.2, -0.15) is 0 Å². The molecule has 2 fully saturated rings. The van der Waals surface area contributed by atoms with Crippen molar-refractivity contribution in [3.8, 4) is 0 Å². The fourth-order valence-electron chi connectivity index (χ4n) is 4.25. The van der Waals surface area contributed by atoms with Gasteiger partial charge in [0.15, 0.2) is 0 Å². The Morgan fingerprint density at radius 1 is 1.00 bits per heavy atom. The summed E-state index contributed by atoms with van der Waals surface area (Å²) < 4.78 is 0. The molecular weight excluding hydrogens is 310 g/mol. The first kappa shape index (κ1) is 14.9. The van der Waals surface area contributed by atoms with Gasteiger partial charge in [0.1, 0.15) is 5.60 Å². The molecule has 0 bridgehead atoms. The summed E-state index contributed by atoms with van der Waals surface area (Å²) in [6.07, 6.45) is 6.42. The van der Waals surface area contributed by atoms with E-state index in [2.05, 4.69) is 39.9 Å². The van der Waals surface area contributed by atoms with E-state index in [4.69, 9.17) is 0 Å². The van der Waals surface area contributed by atoms with E-state index in [1.807, 2.05) is 0 Å². The Morgan fingerprint density at radius 2 is 1.73 bits per heavy atom. The number of hydrogen-bond acceptors (Lipinski definition) is 4. The topological polar surface area (TPSA) is 23.5 Å². The van der Waals surface area contributed by atoms with Crippen LogP contribution in [0.15, 0.2) is 35.0 Å². The molecule has 118 valence electrons. The zero-order valence-electron chi connectivity index (χ0n) is 12.8. The number of rotatable bonds is 3. The second kappa shape index (κ2) is 6.08. The molecular formula is C18H23NOS2. The van der Waals surface area contributed by atoms with Gasteiger partial charge in [0.25, 0.3) is 0 Å². The Balaban J connectivity index is 1.67. The Bertz CT molecular complexity index is 558. The van der Waals surface area contributed by atoms with Crippen LogP contribution in [0.5, 0.6) is 0 Å². The van der Waals surface area contributed by atoms with Gasteiger partial charge in [-0.25, -0.2) is 0 Å².